The number of carboxylic acids is 1. The van der Waals surface area contributed by atoms with Gasteiger partial charge in [-0.05, 0) is 80.3 Å². The fourth-order valence-corrected chi connectivity index (χ4v) is 5.66. The van der Waals surface area contributed by atoms with E-state index in [0.717, 1.165) is 53.9 Å². The molecule has 174 valence electrons. The molecule has 0 atom stereocenters. The molecule has 0 bridgehead atoms. The summed E-state index contributed by atoms with van der Waals surface area (Å²) in [4.78, 5) is 11.5. The Balaban J connectivity index is 1.73. The van der Waals surface area contributed by atoms with E-state index in [1.807, 2.05) is 10.6 Å². The molecule has 2 aromatic carbocycles. The summed E-state index contributed by atoms with van der Waals surface area (Å²) in [6.07, 6.45) is 4.29. The number of fused-ring (bicyclic) bond motifs is 1. The van der Waals surface area contributed by atoms with Gasteiger partial charge in [-0.3, -0.25) is 4.79 Å². The van der Waals surface area contributed by atoms with E-state index in [0.29, 0.717) is 31.7 Å². The summed E-state index contributed by atoms with van der Waals surface area (Å²) >= 11 is 0. The van der Waals surface area contributed by atoms with Gasteiger partial charge in [-0.25, -0.2) is 8.78 Å². The molecule has 33 heavy (non-hydrogen) atoms. The molecule has 1 aliphatic heterocycles. The minimum Gasteiger partial charge on any atom is -0.508 e. The third-order valence-corrected chi connectivity index (χ3v) is 7.28. The van der Waals surface area contributed by atoms with Gasteiger partial charge in [0.25, 0.3) is 0 Å². The van der Waals surface area contributed by atoms with Crippen LogP contribution in [0, 0.1) is 17.6 Å². The van der Waals surface area contributed by atoms with Crippen LogP contribution in [0.1, 0.15) is 61.6 Å². The largest absolute Gasteiger partial charge is 0.508 e. The van der Waals surface area contributed by atoms with Gasteiger partial charge in [-0.15, -0.1) is 0 Å². The Morgan fingerprint density at radius 3 is 2.30 bits per heavy atom. The van der Waals surface area contributed by atoms with Gasteiger partial charge in [0.2, 0.25) is 0 Å². The van der Waals surface area contributed by atoms with E-state index < -0.39 is 17.6 Å². The van der Waals surface area contributed by atoms with Gasteiger partial charge in [0.05, 0.1) is 11.4 Å². The van der Waals surface area contributed by atoms with Crippen LogP contribution in [-0.4, -0.2) is 34.0 Å². The van der Waals surface area contributed by atoms with E-state index in [-0.39, 0.29) is 23.5 Å². The van der Waals surface area contributed by atoms with Crippen molar-refractivity contribution < 1.29 is 28.5 Å². The molecule has 1 aliphatic carbocycles. The van der Waals surface area contributed by atoms with Gasteiger partial charge < -0.3 is 19.5 Å². The van der Waals surface area contributed by atoms with E-state index in [1.165, 1.54) is 6.07 Å². The number of carboxylic acid groups (broad SMARTS) is 1. The number of aromatic nitrogens is 1. The van der Waals surface area contributed by atoms with Crippen LogP contribution >= 0.6 is 0 Å². The topological polar surface area (TPSA) is 71.7 Å². The predicted molar refractivity (Wildman–Crippen MR) is 120 cm³/mol. The number of hydrogen-bond acceptors (Lipinski definition) is 3. The first-order valence-corrected chi connectivity index (χ1v) is 11.6. The molecular formula is C26H27F2NO4. The van der Waals surface area contributed by atoms with Crippen LogP contribution in [0.3, 0.4) is 0 Å². The molecule has 1 saturated carbocycles. The van der Waals surface area contributed by atoms with Crippen LogP contribution in [0.5, 0.6) is 5.75 Å². The van der Waals surface area contributed by atoms with Crippen molar-refractivity contribution in [2.75, 3.05) is 13.2 Å². The Morgan fingerprint density at radius 1 is 0.909 bits per heavy atom. The Hall–Kier alpha value is -2.93. The van der Waals surface area contributed by atoms with Crippen molar-refractivity contribution in [2.24, 2.45) is 5.92 Å². The van der Waals surface area contributed by atoms with E-state index in [4.69, 9.17) is 4.74 Å². The zero-order chi connectivity index (χ0) is 23.1. The number of nitrogens with zero attached hydrogens (tertiary/aromatic N) is 1. The Labute approximate surface area is 190 Å². The van der Waals surface area contributed by atoms with Crippen LogP contribution in [-0.2, 0) is 9.53 Å². The van der Waals surface area contributed by atoms with Crippen molar-refractivity contribution in [1.29, 1.82) is 0 Å². The van der Waals surface area contributed by atoms with Gasteiger partial charge in [-0.1, -0.05) is 0 Å². The third kappa shape index (κ3) is 3.99. The van der Waals surface area contributed by atoms with E-state index in [1.54, 1.807) is 18.2 Å². The van der Waals surface area contributed by atoms with Crippen LogP contribution in [0.15, 0.2) is 36.4 Å². The molecule has 0 unspecified atom stereocenters. The summed E-state index contributed by atoms with van der Waals surface area (Å²) in [5.41, 5.74) is 3.51. The molecule has 2 fully saturated rings. The SMILES string of the molecule is O=C(O)[C@H]1CC[C@@H](c2c(C3CCOCC3)n(-c3ccc(F)c(F)c3)c3ccc(O)cc32)CC1. The van der Waals surface area contributed by atoms with Gasteiger partial charge in [0.1, 0.15) is 5.75 Å². The first kappa shape index (κ1) is 21.9. The van der Waals surface area contributed by atoms with Crippen molar-refractivity contribution in [3.63, 3.8) is 0 Å². The molecule has 1 aromatic heterocycles. The van der Waals surface area contributed by atoms with Crippen molar-refractivity contribution >= 4 is 16.9 Å². The van der Waals surface area contributed by atoms with Crippen molar-refractivity contribution in [3.05, 3.63) is 59.3 Å². The number of carbonyl (C=O) groups is 1. The van der Waals surface area contributed by atoms with Crippen LogP contribution < -0.4 is 0 Å². The molecule has 2 aliphatic rings. The Kier molecular flexibility index (Phi) is 5.83. The van der Waals surface area contributed by atoms with E-state index in [9.17, 15) is 23.8 Å². The van der Waals surface area contributed by atoms with Crippen molar-refractivity contribution in [1.82, 2.24) is 4.57 Å². The highest BCUT2D eigenvalue weighted by atomic mass is 19.2. The fraction of sp³-hybridized carbons (Fsp3) is 0.423. The van der Waals surface area contributed by atoms with E-state index in [2.05, 4.69) is 0 Å². The maximum absolute atomic E-state index is 14.3. The average Bonchev–Trinajstić information content (AvgIpc) is 3.15. The summed E-state index contributed by atoms with van der Waals surface area (Å²) in [7, 11) is 0. The highest BCUT2D eigenvalue weighted by Gasteiger charge is 2.34. The van der Waals surface area contributed by atoms with Crippen LogP contribution in [0.25, 0.3) is 16.6 Å². The maximum atomic E-state index is 14.3. The number of ether oxygens (including phenoxy) is 1. The number of phenols is 1. The van der Waals surface area contributed by atoms with Gasteiger partial charge in [-0.2, -0.15) is 0 Å². The molecule has 2 heterocycles. The molecule has 5 nitrogen and oxygen atoms in total. The van der Waals surface area contributed by atoms with Gasteiger partial charge >= 0.3 is 5.97 Å². The summed E-state index contributed by atoms with van der Waals surface area (Å²) in [5, 5.41) is 20.6. The van der Waals surface area contributed by atoms with E-state index >= 15 is 0 Å². The molecule has 2 N–H and O–H groups in total. The molecule has 1 saturated heterocycles. The number of halogens is 2. The lowest BCUT2D eigenvalue weighted by Gasteiger charge is -2.30. The first-order valence-electron chi connectivity index (χ1n) is 11.6. The summed E-state index contributed by atoms with van der Waals surface area (Å²) in [5.74, 6) is -2.45. The molecular weight excluding hydrogens is 428 g/mol. The highest BCUT2D eigenvalue weighted by molar-refractivity contribution is 5.89. The van der Waals surface area contributed by atoms with Crippen LogP contribution in [0.4, 0.5) is 8.78 Å². The maximum Gasteiger partial charge on any atom is 0.306 e. The number of aliphatic carboxylic acids is 1. The Morgan fingerprint density at radius 2 is 1.64 bits per heavy atom. The lowest BCUT2D eigenvalue weighted by molar-refractivity contribution is -0.142. The quantitative estimate of drug-likeness (QED) is 0.516. The number of phenolic OH excluding ortho intramolecular Hbond substituents is 1. The zero-order valence-electron chi connectivity index (χ0n) is 18.3. The Bertz CT molecular complexity index is 1190. The molecule has 0 spiro atoms. The van der Waals surface area contributed by atoms with Crippen molar-refractivity contribution in [3.8, 4) is 11.4 Å². The normalized spacial score (nSPS) is 22.0. The first-order chi connectivity index (χ1) is 15.9. The second-order valence-corrected chi connectivity index (χ2v) is 9.21. The minimum atomic E-state index is -0.908. The van der Waals surface area contributed by atoms with Gasteiger partial charge in [0, 0.05) is 42.0 Å². The lowest BCUT2D eigenvalue weighted by atomic mass is 9.76. The lowest BCUT2D eigenvalue weighted by Crippen LogP contribution is -2.23. The highest BCUT2D eigenvalue weighted by Crippen LogP contribution is 2.47. The fourth-order valence-electron chi connectivity index (χ4n) is 5.66. The summed E-state index contributed by atoms with van der Waals surface area (Å²) in [6.45, 7) is 1.25. The predicted octanol–water partition coefficient (Wildman–Crippen LogP) is 5.87. The number of hydrogen-bond donors (Lipinski definition) is 2. The molecule has 5 rings (SSSR count). The van der Waals surface area contributed by atoms with Gasteiger partial charge in [0.15, 0.2) is 11.6 Å². The number of aromatic hydroxyl groups is 1. The number of rotatable bonds is 4. The minimum absolute atomic E-state index is 0.134. The third-order valence-electron chi connectivity index (χ3n) is 7.28. The molecule has 3 aromatic rings. The molecule has 0 amide bonds. The summed E-state index contributed by atoms with van der Waals surface area (Å²) in [6, 6.07) is 9.11. The monoisotopic (exact) mass is 455 g/mol. The van der Waals surface area contributed by atoms with Crippen LogP contribution in [0.2, 0.25) is 0 Å². The second kappa shape index (κ2) is 8.78. The molecule has 0 radical (unpaired) electrons. The number of benzene rings is 2. The van der Waals surface area contributed by atoms with Crippen molar-refractivity contribution in [2.45, 2.75) is 50.4 Å². The summed E-state index contributed by atoms with van der Waals surface area (Å²) < 4.78 is 35.6. The molecule has 7 heteroatoms. The second-order valence-electron chi connectivity index (χ2n) is 9.21. The standard InChI is InChI=1S/C26H27F2NO4/c27-21-7-5-18(13-22(21)28)29-23-8-6-19(30)14-20(23)24(25(29)16-9-11-33-12-10-16)15-1-3-17(4-2-15)26(31)32/h5-8,13-17,30H,1-4,9-12H2,(H,31,32)/t15-,17+. The smallest absolute Gasteiger partial charge is 0.306 e. The zero-order valence-corrected chi connectivity index (χ0v) is 18.3. The average molecular weight is 456 g/mol.